The first kappa shape index (κ1) is 16.1. The van der Waals surface area contributed by atoms with E-state index in [0.29, 0.717) is 6.54 Å². The van der Waals surface area contributed by atoms with E-state index in [4.69, 9.17) is 5.73 Å². The summed E-state index contributed by atoms with van der Waals surface area (Å²) in [7, 11) is 0. The Morgan fingerprint density at radius 3 is 2.90 bits per heavy atom. The molecule has 0 radical (unpaired) electrons. The minimum Gasteiger partial charge on any atom is -0.320 e. The first-order valence-corrected chi connectivity index (χ1v) is 8.19. The van der Waals surface area contributed by atoms with E-state index >= 15 is 0 Å². The number of hydrogen-bond acceptors (Lipinski definition) is 2. The van der Waals surface area contributed by atoms with Crippen molar-refractivity contribution in [1.82, 2.24) is 4.90 Å². The number of rotatable bonds is 3. The molecule has 1 atom stereocenters. The van der Waals surface area contributed by atoms with Gasteiger partial charge >= 0.3 is 0 Å². The SMILES string of the molecule is CC(C)C1CCCN(Cc2cccc(C#CCN)c2)CC1. The van der Waals surface area contributed by atoms with Crippen LogP contribution < -0.4 is 5.73 Å². The molecule has 1 unspecified atom stereocenters. The number of likely N-dealkylation sites (tertiary alicyclic amines) is 1. The summed E-state index contributed by atoms with van der Waals surface area (Å²) in [5, 5.41) is 0. The van der Waals surface area contributed by atoms with Crippen LogP contribution in [0.25, 0.3) is 0 Å². The molecule has 2 N–H and O–H groups in total. The average Bonchev–Trinajstić information content (AvgIpc) is 2.71. The smallest absolute Gasteiger partial charge is 0.0555 e. The summed E-state index contributed by atoms with van der Waals surface area (Å²) in [6.45, 7) is 8.64. The van der Waals surface area contributed by atoms with Crippen molar-refractivity contribution in [1.29, 1.82) is 0 Å². The summed E-state index contributed by atoms with van der Waals surface area (Å²) >= 11 is 0. The molecular formula is C19H28N2. The number of nitrogens with zero attached hydrogens (tertiary/aromatic N) is 1. The standard InChI is InChI=1S/C19H28N2/c1-16(2)19-9-5-12-21(13-10-19)15-18-7-3-6-17(14-18)8-4-11-20/h3,6-7,14,16,19H,5,9-13,15,20H2,1-2H3. The van der Waals surface area contributed by atoms with Gasteiger partial charge in [0.1, 0.15) is 0 Å². The molecule has 21 heavy (non-hydrogen) atoms. The minimum absolute atomic E-state index is 0.424. The fourth-order valence-electron chi connectivity index (χ4n) is 3.17. The van der Waals surface area contributed by atoms with Gasteiger partial charge in [0.25, 0.3) is 0 Å². The third-order valence-corrected chi connectivity index (χ3v) is 4.48. The van der Waals surface area contributed by atoms with Crippen LogP contribution in [0.5, 0.6) is 0 Å². The monoisotopic (exact) mass is 284 g/mol. The van der Waals surface area contributed by atoms with E-state index in [2.05, 4.69) is 54.9 Å². The largest absolute Gasteiger partial charge is 0.320 e. The second-order valence-corrected chi connectivity index (χ2v) is 6.42. The van der Waals surface area contributed by atoms with Crippen LogP contribution in [0.1, 0.15) is 44.2 Å². The van der Waals surface area contributed by atoms with Crippen LogP contribution >= 0.6 is 0 Å². The van der Waals surface area contributed by atoms with Crippen molar-refractivity contribution < 1.29 is 0 Å². The molecule has 1 heterocycles. The molecule has 1 aliphatic rings. The maximum Gasteiger partial charge on any atom is 0.0555 e. The van der Waals surface area contributed by atoms with Gasteiger partial charge in [-0.25, -0.2) is 0 Å². The van der Waals surface area contributed by atoms with Gasteiger partial charge in [-0.3, -0.25) is 4.90 Å². The predicted octanol–water partition coefficient (Wildman–Crippen LogP) is 3.25. The van der Waals surface area contributed by atoms with Crippen molar-refractivity contribution in [3.63, 3.8) is 0 Å². The summed E-state index contributed by atoms with van der Waals surface area (Å²) in [4.78, 5) is 2.60. The third-order valence-electron chi connectivity index (χ3n) is 4.48. The predicted molar refractivity (Wildman–Crippen MR) is 89.8 cm³/mol. The zero-order chi connectivity index (χ0) is 15.1. The van der Waals surface area contributed by atoms with Crippen molar-refractivity contribution in [3.8, 4) is 11.8 Å². The van der Waals surface area contributed by atoms with Crippen molar-refractivity contribution >= 4 is 0 Å². The fraction of sp³-hybridized carbons (Fsp3) is 0.579. The molecule has 114 valence electrons. The van der Waals surface area contributed by atoms with Crippen molar-refractivity contribution in [2.75, 3.05) is 19.6 Å². The zero-order valence-electron chi connectivity index (χ0n) is 13.4. The van der Waals surface area contributed by atoms with Gasteiger partial charge in [-0.2, -0.15) is 0 Å². The second-order valence-electron chi connectivity index (χ2n) is 6.42. The first-order valence-electron chi connectivity index (χ1n) is 8.19. The highest BCUT2D eigenvalue weighted by molar-refractivity contribution is 5.37. The van der Waals surface area contributed by atoms with E-state index in [-0.39, 0.29) is 0 Å². The normalized spacial score (nSPS) is 19.9. The molecule has 2 rings (SSSR count). The van der Waals surface area contributed by atoms with Gasteiger partial charge in [-0.1, -0.05) is 37.8 Å². The van der Waals surface area contributed by atoms with Crippen molar-refractivity contribution in [2.45, 2.75) is 39.7 Å². The molecule has 2 heteroatoms. The molecule has 0 bridgehead atoms. The van der Waals surface area contributed by atoms with Crippen LogP contribution in [0.2, 0.25) is 0 Å². The van der Waals surface area contributed by atoms with Crippen LogP contribution in [-0.4, -0.2) is 24.5 Å². The molecule has 0 amide bonds. The Morgan fingerprint density at radius 1 is 1.29 bits per heavy atom. The lowest BCUT2D eigenvalue weighted by Gasteiger charge is -2.21. The summed E-state index contributed by atoms with van der Waals surface area (Å²) in [6.07, 6.45) is 4.05. The molecule has 1 aliphatic heterocycles. The summed E-state index contributed by atoms with van der Waals surface area (Å²) < 4.78 is 0. The molecule has 0 spiro atoms. The fourth-order valence-corrected chi connectivity index (χ4v) is 3.17. The first-order chi connectivity index (χ1) is 10.2. The van der Waals surface area contributed by atoms with Crippen molar-refractivity contribution in [2.24, 2.45) is 17.6 Å². The van der Waals surface area contributed by atoms with E-state index < -0.39 is 0 Å². The minimum atomic E-state index is 0.424. The highest BCUT2D eigenvalue weighted by Crippen LogP contribution is 2.25. The number of benzene rings is 1. The van der Waals surface area contributed by atoms with Crippen molar-refractivity contribution in [3.05, 3.63) is 35.4 Å². The second kappa shape index (κ2) is 8.22. The van der Waals surface area contributed by atoms with E-state index in [0.717, 1.165) is 23.9 Å². The topological polar surface area (TPSA) is 29.3 Å². The number of nitrogens with two attached hydrogens (primary N) is 1. The van der Waals surface area contributed by atoms with E-state index in [1.807, 2.05) is 0 Å². The summed E-state index contributed by atoms with van der Waals surface area (Å²) in [5.41, 5.74) is 7.88. The Hall–Kier alpha value is -1.30. The molecule has 1 aromatic carbocycles. The lowest BCUT2D eigenvalue weighted by molar-refractivity contribution is 0.265. The Morgan fingerprint density at radius 2 is 2.14 bits per heavy atom. The van der Waals surface area contributed by atoms with Gasteiger partial charge < -0.3 is 5.73 Å². The Kier molecular flexibility index (Phi) is 6.29. The van der Waals surface area contributed by atoms with Gasteiger partial charge in [0.05, 0.1) is 6.54 Å². The van der Waals surface area contributed by atoms with Gasteiger partial charge in [-0.15, -0.1) is 0 Å². The van der Waals surface area contributed by atoms with Crippen LogP contribution in [-0.2, 0) is 6.54 Å². The third kappa shape index (κ3) is 5.19. The maximum atomic E-state index is 5.44. The van der Waals surface area contributed by atoms with E-state index in [9.17, 15) is 0 Å². The molecule has 1 saturated heterocycles. The van der Waals surface area contributed by atoms with Crippen LogP contribution in [0.15, 0.2) is 24.3 Å². The molecule has 2 nitrogen and oxygen atoms in total. The maximum absolute atomic E-state index is 5.44. The lowest BCUT2D eigenvalue weighted by atomic mass is 9.89. The molecule has 1 fully saturated rings. The Bertz CT molecular complexity index is 496. The highest BCUT2D eigenvalue weighted by Gasteiger charge is 2.19. The van der Waals surface area contributed by atoms with E-state index in [1.54, 1.807) is 0 Å². The van der Waals surface area contributed by atoms with Crippen LogP contribution in [0, 0.1) is 23.7 Å². The Labute approximate surface area is 129 Å². The highest BCUT2D eigenvalue weighted by atomic mass is 15.1. The molecule has 0 saturated carbocycles. The average molecular weight is 284 g/mol. The van der Waals surface area contributed by atoms with E-state index in [1.165, 1.54) is 37.9 Å². The Balaban J connectivity index is 1.95. The van der Waals surface area contributed by atoms with Crippen LogP contribution in [0.4, 0.5) is 0 Å². The molecular weight excluding hydrogens is 256 g/mol. The molecule has 0 aliphatic carbocycles. The molecule has 0 aromatic heterocycles. The summed E-state index contributed by atoms with van der Waals surface area (Å²) in [5.74, 6) is 7.77. The lowest BCUT2D eigenvalue weighted by Crippen LogP contribution is -2.24. The number of hydrogen-bond donors (Lipinski definition) is 1. The zero-order valence-corrected chi connectivity index (χ0v) is 13.4. The quantitative estimate of drug-likeness (QED) is 0.863. The van der Waals surface area contributed by atoms with Gasteiger partial charge in [0, 0.05) is 12.1 Å². The van der Waals surface area contributed by atoms with Gasteiger partial charge in [-0.05, 0) is 61.9 Å². The van der Waals surface area contributed by atoms with Gasteiger partial charge in [0.2, 0.25) is 0 Å². The van der Waals surface area contributed by atoms with Gasteiger partial charge in [0.15, 0.2) is 0 Å². The summed E-state index contributed by atoms with van der Waals surface area (Å²) in [6, 6.07) is 8.57. The molecule has 1 aromatic rings. The van der Waals surface area contributed by atoms with Crippen LogP contribution in [0.3, 0.4) is 0 Å².